The van der Waals surface area contributed by atoms with Crippen LogP contribution in [-0.4, -0.2) is 16.1 Å². The lowest BCUT2D eigenvalue weighted by atomic mass is 10.3. The summed E-state index contributed by atoms with van der Waals surface area (Å²) in [4.78, 5) is 0. The molecule has 0 amide bonds. The Hall–Kier alpha value is -1.04. The standard InChI is InChI=1S/C12H13Cl2N3OS/c1-2-5-15-12-10(16-17-19-12)7-18-11-6-8(13)3-4-9(11)14/h3-4,6,15H,2,5,7H2,1H3. The van der Waals surface area contributed by atoms with E-state index in [-0.39, 0.29) is 0 Å². The SMILES string of the molecule is CCCNc1snnc1COc1cc(Cl)ccc1Cl. The normalized spacial score (nSPS) is 10.5. The third kappa shape index (κ3) is 3.96. The zero-order valence-electron chi connectivity index (χ0n) is 10.3. The third-order valence-corrected chi connectivity index (χ3v) is 3.62. The number of anilines is 1. The molecule has 0 saturated heterocycles. The number of hydrogen-bond donors (Lipinski definition) is 1. The Labute approximate surface area is 125 Å². The van der Waals surface area contributed by atoms with E-state index in [4.69, 9.17) is 27.9 Å². The Morgan fingerprint density at radius 3 is 3.00 bits per heavy atom. The van der Waals surface area contributed by atoms with Gasteiger partial charge in [0.1, 0.15) is 23.1 Å². The summed E-state index contributed by atoms with van der Waals surface area (Å²) in [5, 5.41) is 9.34. The molecule has 2 aromatic rings. The molecule has 0 saturated carbocycles. The van der Waals surface area contributed by atoms with Crippen LogP contribution in [0.2, 0.25) is 10.0 Å². The highest BCUT2D eigenvalue weighted by Crippen LogP contribution is 2.29. The Kier molecular flexibility index (Phi) is 5.24. The van der Waals surface area contributed by atoms with Gasteiger partial charge in [0.05, 0.1) is 5.02 Å². The predicted molar refractivity (Wildman–Crippen MR) is 79.5 cm³/mol. The van der Waals surface area contributed by atoms with Crippen LogP contribution in [0.25, 0.3) is 0 Å². The molecule has 4 nitrogen and oxygen atoms in total. The van der Waals surface area contributed by atoms with E-state index in [1.807, 2.05) is 0 Å². The van der Waals surface area contributed by atoms with Crippen molar-refractivity contribution in [2.45, 2.75) is 20.0 Å². The molecule has 102 valence electrons. The van der Waals surface area contributed by atoms with Crippen molar-refractivity contribution < 1.29 is 4.74 Å². The first-order valence-corrected chi connectivity index (χ1v) is 7.36. The van der Waals surface area contributed by atoms with Gasteiger partial charge in [-0.15, -0.1) is 5.10 Å². The molecular weight excluding hydrogens is 305 g/mol. The van der Waals surface area contributed by atoms with Gasteiger partial charge in [-0.1, -0.05) is 34.6 Å². The van der Waals surface area contributed by atoms with Crippen molar-refractivity contribution in [3.8, 4) is 5.75 Å². The van der Waals surface area contributed by atoms with Crippen molar-refractivity contribution in [1.82, 2.24) is 9.59 Å². The minimum Gasteiger partial charge on any atom is -0.485 e. The van der Waals surface area contributed by atoms with Crippen molar-refractivity contribution in [1.29, 1.82) is 0 Å². The molecule has 0 atom stereocenters. The molecule has 7 heteroatoms. The van der Waals surface area contributed by atoms with E-state index in [2.05, 4.69) is 21.8 Å². The molecule has 0 aliphatic carbocycles. The largest absolute Gasteiger partial charge is 0.485 e. The van der Waals surface area contributed by atoms with Gasteiger partial charge in [0.25, 0.3) is 0 Å². The highest BCUT2D eigenvalue weighted by molar-refractivity contribution is 7.10. The molecule has 19 heavy (non-hydrogen) atoms. The molecule has 0 radical (unpaired) electrons. The summed E-state index contributed by atoms with van der Waals surface area (Å²) < 4.78 is 9.55. The topological polar surface area (TPSA) is 47.0 Å². The van der Waals surface area contributed by atoms with Crippen molar-refractivity contribution in [2.24, 2.45) is 0 Å². The number of benzene rings is 1. The monoisotopic (exact) mass is 317 g/mol. The molecular formula is C12H13Cl2N3OS. The van der Waals surface area contributed by atoms with Crippen LogP contribution in [0.3, 0.4) is 0 Å². The second-order valence-corrected chi connectivity index (χ2v) is 5.44. The van der Waals surface area contributed by atoms with Crippen LogP contribution in [-0.2, 0) is 6.61 Å². The van der Waals surface area contributed by atoms with Gasteiger partial charge < -0.3 is 10.1 Å². The van der Waals surface area contributed by atoms with E-state index in [1.165, 1.54) is 11.5 Å². The van der Waals surface area contributed by atoms with E-state index in [9.17, 15) is 0 Å². The van der Waals surface area contributed by atoms with Gasteiger partial charge in [-0.3, -0.25) is 0 Å². The molecule has 1 heterocycles. The number of rotatable bonds is 6. The fourth-order valence-electron chi connectivity index (χ4n) is 1.41. The minimum atomic E-state index is 0.308. The number of halogens is 2. The molecule has 0 fully saturated rings. The number of ether oxygens (including phenoxy) is 1. The Morgan fingerprint density at radius 1 is 1.37 bits per heavy atom. The number of nitrogens with zero attached hydrogens (tertiary/aromatic N) is 2. The third-order valence-electron chi connectivity index (χ3n) is 2.35. The van der Waals surface area contributed by atoms with Gasteiger partial charge >= 0.3 is 0 Å². The molecule has 0 unspecified atom stereocenters. The molecule has 0 bridgehead atoms. The van der Waals surface area contributed by atoms with Crippen molar-refractivity contribution in [2.75, 3.05) is 11.9 Å². The first-order chi connectivity index (χ1) is 9.20. The summed E-state index contributed by atoms with van der Waals surface area (Å²) in [5.41, 5.74) is 0.773. The summed E-state index contributed by atoms with van der Waals surface area (Å²) in [6.45, 7) is 3.29. The zero-order valence-corrected chi connectivity index (χ0v) is 12.6. The zero-order chi connectivity index (χ0) is 13.7. The van der Waals surface area contributed by atoms with Crippen LogP contribution in [0.5, 0.6) is 5.75 Å². The molecule has 1 N–H and O–H groups in total. The van der Waals surface area contributed by atoms with Crippen LogP contribution >= 0.6 is 34.7 Å². The van der Waals surface area contributed by atoms with Crippen molar-refractivity contribution >= 4 is 39.7 Å². The van der Waals surface area contributed by atoms with Crippen LogP contribution in [0.4, 0.5) is 5.00 Å². The number of aromatic nitrogens is 2. The average molecular weight is 318 g/mol. The summed E-state index contributed by atoms with van der Waals surface area (Å²) in [6, 6.07) is 5.10. The first-order valence-electron chi connectivity index (χ1n) is 5.83. The molecule has 0 aliphatic heterocycles. The highest BCUT2D eigenvalue weighted by atomic mass is 35.5. The highest BCUT2D eigenvalue weighted by Gasteiger charge is 2.09. The summed E-state index contributed by atoms with van der Waals surface area (Å²) in [6.07, 6.45) is 1.04. The van der Waals surface area contributed by atoms with E-state index in [0.29, 0.717) is 22.4 Å². The smallest absolute Gasteiger partial charge is 0.139 e. The maximum atomic E-state index is 6.03. The molecule has 1 aromatic carbocycles. The first kappa shape index (κ1) is 14.4. The van der Waals surface area contributed by atoms with E-state index in [0.717, 1.165) is 23.7 Å². The summed E-state index contributed by atoms with van der Waals surface area (Å²) >= 11 is 13.2. The van der Waals surface area contributed by atoms with Crippen molar-refractivity contribution in [3.63, 3.8) is 0 Å². The van der Waals surface area contributed by atoms with Gasteiger partial charge in [0.15, 0.2) is 0 Å². The maximum absolute atomic E-state index is 6.03. The van der Waals surface area contributed by atoms with Crippen LogP contribution in [0.1, 0.15) is 19.0 Å². The molecule has 1 aromatic heterocycles. The summed E-state index contributed by atoms with van der Waals surface area (Å²) in [5.74, 6) is 0.545. The van der Waals surface area contributed by atoms with E-state index in [1.54, 1.807) is 18.2 Å². The quantitative estimate of drug-likeness (QED) is 0.865. The van der Waals surface area contributed by atoms with Crippen molar-refractivity contribution in [3.05, 3.63) is 33.9 Å². The minimum absolute atomic E-state index is 0.308. The van der Waals surface area contributed by atoms with Gasteiger partial charge in [-0.25, -0.2) is 0 Å². The average Bonchev–Trinajstić information content (AvgIpc) is 2.85. The second kappa shape index (κ2) is 6.93. The van der Waals surface area contributed by atoms with Gasteiger partial charge in [-0.05, 0) is 18.6 Å². The van der Waals surface area contributed by atoms with E-state index >= 15 is 0 Å². The lowest BCUT2D eigenvalue weighted by Crippen LogP contribution is -2.03. The number of hydrogen-bond acceptors (Lipinski definition) is 5. The molecule has 0 spiro atoms. The van der Waals surface area contributed by atoms with Gasteiger partial charge in [0, 0.05) is 29.2 Å². The van der Waals surface area contributed by atoms with Gasteiger partial charge in [0.2, 0.25) is 0 Å². The fourth-order valence-corrected chi connectivity index (χ4v) is 2.34. The van der Waals surface area contributed by atoms with Gasteiger partial charge in [-0.2, -0.15) is 0 Å². The predicted octanol–water partition coefficient (Wildman–Crippen LogP) is 4.25. The second-order valence-electron chi connectivity index (χ2n) is 3.84. The lowest BCUT2D eigenvalue weighted by Gasteiger charge is -2.08. The number of nitrogens with one attached hydrogen (secondary N) is 1. The molecule has 0 aliphatic rings. The van der Waals surface area contributed by atoms with Crippen LogP contribution in [0, 0.1) is 0 Å². The lowest BCUT2D eigenvalue weighted by molar-refractivity contribution is 0.302. The van der Waals surface area contributed by atoms with E-state index < -0.39 is 0 Å². The molecule has 2 rings (SSSR count). The Bertz CT molecular complexity index is 548. The Morgan fingerprint density at radius 2 is 2.21 bits per heavy atom. The van der Waals surface area contributed by atoms with Crippen LogP contribution in [0.15, 0.2) is 18.2 Å². The Balaban J connectivity index is 2.02. The summed E-state index contributed by atoms with van der Waals surface area (Å²) in [7, 11) is 0. The fraction of sp³-hybridized carbons (Fsp3) is 0.333. The van der Waals surface area contributed by atoms with Crippen LogP contribution < -0.4 is 10.1 Å². The maximum Gasteiger partial charge on any atom is 0.139 e.